The number of hydrogen-bond acceptors (Lipinski definition) is 3. The lowest BCUT2D eigenvalue weighted by Crippen LogP contribution is -2.43. The van der Waals surface area contributed by atoms with Gasteiger partial charge in [0.15, 0.2) is 0 Å². The van der Waals surface area contributed by atoms with Crippen molar-refractivity contribution in [3.63, 3.8) is 0 Å². The van der Waals surface area contributed by atoms with E-state index in [0.29, 0.717) is 0 Å². The lowest BCUT2D eigenvalue weighted by molar-refractivity contribution is -0.125. The summed E-state index contributed by atoms with van der Waals surface area (Å²) in [6, 6.07) is 15.9. The Morgan fingerprint density at radius 2 is 1.58 bits per heavy atom. The maximum atomic E-state index is 12.1. The summed E-state index contributed by atoms with van der Waals surface area (Å²) < 4.78 is -0.291. The number of carbonyl (C=O) groups excluding carboxylic acids is 2. The highest BCUT2D eigenvalue weighted by molar-refractivity contribution is 8.01. The first-order valence-electron chi connectivity index (χ1n) is 7.85. The summed E-state index contributed by atoms with van der Waals surface area (Å²) >= 11 is 1.57. The molecule has 0 radical (unpaired) electrons. The van der Waals surface area contributed by atoms with Crippen molar-refractivity contribution in [3.8, 4) is 11.1 Å². The number of amides is 2. The van der Waals surface area contributed by atoms with Gasteiger partial charge in [-0.05, 0) is 36.1 Å². The normalized spacial score (nSPS) is 15.2. The Morgan fingerprint density at radius 3 is 2.08 bits per heavy atom. The van der Waals surface area contributed by atoms with Crippen LogP contribution in [0.5, 0.6) is 0 Å². The molecule has 0 aromatic heterocycles. The monoisotopic (exact) mass is 340 g/mol. The highest BCUT2D eigenvalue weighted by atomic mass is 32.2. The Labute approximate surface area is 145 Å². The van der Waals surface area contributed by atoms with Crippen LogP contribution in [0.25, 0.3) is 11.1 Å². The number of carbonyl (C=O) groups is 2. The molecule has 5 heteroatoms. The molecule has 2 aromatic rings. The van der Waals surface area contributed by atoms with E-state index in [1.165, 1.54) is 22.3 Å². The summed E-state index contributed by atoms with van der Waals surface area (Å²) in [4.78, 5) is 23.2. The molecule has 0 bridgehead atoms. The first-order chi connectivity index (χ1) is 11.4. The fourth-order valence-electron chi connectivity index (χ4n) is 3.13. The Bertz CT molecular complexity index is 758. The second kappa shape index (κ2) is 6.32. The van der Waals surface area contributed by atoms with E-state index in [0.717, 1.165) is 0 Å². The highest BCUT2D eigenvalue weighted by Gasteiger charge is 2.39. The highest BCUT2D eigenvalue weighted by Crippen LogP contribution is 2.54. The van der Waals surface area contributed by atoms with Gasteiger partial charge in [-0.25, -0.2) is 0 Å². The quantitative estimate of drug-likeness (QED) is 0.879. The van der Waals surface area contributed by atoms with Crippen LogP contribution in [0.3, 0.4) is 0 Å². The molecular formula is C19H20N2O2S. The van der Waals surface area contributed by atoms with Gasteiger partial charge in [0.2, 0.25) is 11.8 Å². The third-order valence-corrected chi connectivity index (χ3v) is 5.89. The molecule has 3 N–H and O–H groups in total. The van der Waals surface area contributed by atoms with Crippen molar-refractivity contribution >= 4 is 23.6 Å². The van der Waals surface area contributed by atoms with E-state index in [2.05, 4.69) is 36.5 Å². The van der Waals surface area contributed by atoms with Gasteiger partial charge in [0.05, 0.1) is 10.5 Å². The molecule has 4 nitrogen and oxygen atoms in total. The molecule has 2 amide bonds. The molecule has 0 saturated heterocycles. The van der Waals surface area contributed by atoms with E-state index in [4.69, 9.17) is 5.73 Å². The minimum atomic E-state index is -0.658. The van der Waals surface area contributed by atoms with Crippen molar-refractivity contribution in [1.29, 1.82) is 0 Å². The number of hydrogen-bond donors (Lipinski definition) is 2. The molecule has 0 unspecified atom stereocenters. The largest absolute Gasteiger partial charge is 0.368 e. The molecule has 3 rings (SSSR count). The van der Waals surface area contributed by atoms with Crippen molar-refractivity contribution < 1.29 is 9.59 Å². The summed E-state index contributed by atoms with van der Waals surface area (Å²) in [5, 5.41) is 2.63. The number of primary amides is 1. The van der Waals surface area contributed by atoms with Crippen molar-refractivity contribution in [1.82, 2.24) is 5.32 Å². The van der Waals surface area contributed by atoms with Gasteiger partial charge in [0.25, 0.3) is 0 Å². The summed E-state index contributed by atoms with van der Waals surface area (Å²) in [5.74, 6) is -0.456. The van der Waals surface area contributed by atoms with Crippen LogP contribution in [-0.4, -0.2) is 23.6 Å². The lowest BCUT2D eigenvalue weighted by atomic mass is 9.98. The van der Waals surface area contributed by atoms with Gasteiger partial charge in [0.1, 0.15) is 6.04 Å². The SMILES string of the molecule is C[C@H](NC(=O)CSC1(C)c2ccccc2-c2ccccc21)C(N)=O. The van der Waals surface area contributed by atoms with Crippen LogP contribution in [0.15, 0.2) is 48.5 Å². The number of nitrogens with one attached hydrogen (secondary N) is 1. The van der Waals surface area contributed by atoms with Gasteiger partial charge in [-0.15, -0.1) is 11.8 Å². The molecular weight excluding hydrogens is 320 g/mol. The number of benzene rings is 2. The van der Waals surface area contributed by atoms with Crippen LogP contribution >= 0.6 is 11.8 Å². The van der Waals surface area contributed by atoms with E-state index in [-0.39, 0.29) is 16.4 Å². The molecule has 0 aliphatic heterocycles. The summed E-state index contributed by atoms with van der Waals surface area (Å²) in [7, 11) is 0. The fraction of sp³-hybridized carbons (Fsp3) is 0.263. The van der Waals surface area contributed by atoms with Crippen LogP contribution in [-0.2, 0) is 14.3 Å². The zero-order valence-corrected chi connectivity index (χ0v) is 14.5. The molecule has 1 atom stereocenters. The van der Waals surface area contributed by atoms with Crippen LogP contribution in [0, 0.1) is 0 Å². The van der Waals surface area contributed by atoms with Crippen molar-refractivity contribution in [2.45, 2.75) is 24.6 Å². The molecule has 1 aliphatic rings. The number of thioether (sulfide) groups is 1. The fourth-order valence-corrected chi connectivity index (χ4v) is 4.30. The minimum Gasteiger partial charge on any atom is -0.368 e. The van der Waals surface area contributed by atoms with Crippen molar-refractivity contribution in [2.75, 3.05) is 5.75 Å². The van der Waals surface area contributed by atoms with Gasteiger partial charge in [-0.2, -0.15) is 0 Å². The van der Waals surface area contributed by atoms with Gasteiger partial charge >= 0.3 is 0 Å². The Kier molecular flexibility index (Phi) is 4.37. The van der Waals surface area contributed by atoms with Gasteiger partial charge in [0, 0.05) is 0 Å². The van der Waals surface area contributed by atoms with E-state index < -0.39 is 11.9 Å². The second-order valence-corrected chi connectivity index (χ2v) is 7.50. The van der Waals surface area contributed by atoms with Crippen LogP contribution in [0.4, 0.5) is 0 Å². The van der Waals surface area contributed by atoms with Gasteiger partial charge < -0.3 is 11.1 Å². The third-order valence-electron chi connectivity index (χ3n) is 4.47. The first-order valence-corrected chi connectivity index (χ1v) is 8.84. The van der Waals surface area contributed by atoms with Crippen LogP contribution in [0.2, 0.25) is 0 Å². The summed E-state index contributed by atoms with van der Waals surface area (Å²) in [5.41, 5.74) is 10.1. The van der Waals surface area contributed by atoms with E-state index in [1.54, 1.807) is 18.7 Å². The second-order valence-electron chi connectivity index (χ2n) is 6.10. The summed E-state index contributed by atoms with van der Waals surface area (Å²) in [6.45, 7) is 3.74. The Balaban J connectivity index is 1.85. The Hall–Kier alpha value is -2.27. The molecule has 0 fully saturated rings. The van der Waals surface area contributed by atoms with Gasteiger partial charge in [-0.1, -0.05) is 48.5 Å². The molecule has 1 aliphatic carbocycles. The third kappa shape index (κ3) is 2.80. The number of rotatable bonds is 5. The zero-order chi connectivity index (χ0) is 17.3. The molecule has 0 heterocycles. The average molecular weight is 340 g/mol. The van der Waals surface area contributed by atoms with E-state index >= 15 is 0 Å². The molecule has 124 valence electrons. The molecule has 0 spiro atoms. The topological polar surface area (TPSA) is 72.2 Å². The van der Waals surface area contributed by atoms with Crippen LogP contribution < -0.4 is 11.1 Å². The van der Waals surface area contributed by atoms with E-state index in [9.17, 15) is 9.59 Å². The van der Waals surface area contributed by atoms with E-state index in [1.807, 2.05) is 24.3 Å². The molecule has 24 heavy (non-hydrogen) atoms. The number of fused-ring (bicyclic) bond motifs is 3. The molecule has 2 aromatic carbocycles. The maximum Gasteiger partial charge on any atom is 0.239 e. The molecule has 0 saturated carbocycles. The maximum absolute atomic E-state index is 12.1. The number of nitrogens with two attached hydrogens (primary N) is 1. The van der Waals surface area contributed by atoms with Crippen molar-refractivity contribution in [3.05, 3.63) is 59.7 Å². The lowest BCUT2D eigenvalue weighted by Gasteiger charge is -2.26. The standard InChI is InChI=1S/C19H20N2O2S/c1-12(18(20)23)21-17(22)11-24-19(2)15-9-5-3-7-13(15)14-8-4-6-10-16(14)19/h3-10,12H,11H2,1-2H3,(H2,20,23)(H,21,22)/t12-/m0/s1. The predicted molar refractivity (Wildman–Crippen MR) is 97.6 cm³/mol. The van der Waals surface area contributed by atoms with Crippen molar-refractivity contribution in [2.24, 2.45) is 5.73 Å². The zero-order valence-electron chi connectivity index (χ0n) is 13.7. The first kappa shape index (κ1) is 16.6. The smallest absolute Gasteiger partial charge is 0.239 e. The Morgan fingerprint density at radius 1 is 1.08 bits per heavy atom. The van der Waals surface area contributed by atoms with Crippen LogP contribution in [0.1, 0.15) is 25.0 Å². The summed E-state index contributed by atoms with van der Waals surface area (Å²) in [6.07, 6.45) is 0. The predicted octanol–water partition coefficient (Wildman–Crippen LogP) is 2.65. The average Bonchev–Trinajstić information content (AvgIpc) is 2.84. The minimum absolute atomic E-state index is 0.186. The van der Waals surface area contributed by atoms with Gasteiger partial charge in [-0.3, -0.25) is 9.59 Å².